The van der Waals surface area contributed by atoms with Gasteiger partial charge in [-0.3, -0.25) is 4.79 Å². The summed E-state index contributed by atoms with van der Waals surface area (Å²) in [4.78, 5) is 16.8. The van der Waals surface area contributed by atoms with Gasteiger partial charge in [0.15, 0.2) is 9.84 Å². The normalized spacial score (nSPS) is 11.1. The zero-order chi connectivity index (χ0) is 20.2. The number of carbonyl (C=O) groups is 1. The maximum Gasteiger partial charge on any atom is 0.270 e. The standard InChI is InChI=1S/C18H21N5O3S/c1-11(2)22-17-14(9-19)15(20)8-16(23-17)18(24)21-10-12-4-6-13(7-5-12)27(3,25)26/h4-8,11H,10H2,1-3H3,(H,21,24)(H3,20,22,23). The lowest BCUT2D eigenvalue weighted by Crippen LogP contribution is -2.25. The summed E-state index contributed by atoms with van der Waals surface area (Å²) in [7, 11) is -3.26. The van der Waals surface area contributed by atoms with Crippen molar-refractivity contribution in [3.8, 4) is 6.07 Å². The first-order valence-corrected chi connectivity index (χ1v) is 10.0. The van der Waals surface area contributed by atoms with Crippen molar-refractivity contribution in [2.75, 3.05) is 17.3 Å². The molecule has 0 saturated carbocycles. The van der Waals surface area contributed by atoms with E-state index in [0.29, 0.717) is 0 Å². The van der Waals surface area contributed by atoms with Gasteiger partial charge in [-0.2, -0.15) is 5.26 Å². The molecule has 1 heterocycles. The van der Waals surface area contributed by atoms with Crippen LogP contribution >= 0.6 is 0 Å². The second kappa shape index (κ2) is 8.05. The second-order valence-corrected chi connectivity index (χ2v) is 8.35. The molecule has 0 atom stereocenters. The summed E-state index contributed by atoms with van der Waals surface area (Å²) in [5, 5.41) is 14.9. The predicted octanol–water partition coefficient (Wildman–Crippen LogP) is 1.69. The van der Waals surface area contributed by atoms with Crippen molar-refractivity contribution in [2.24, 2.45) is 0 Å². The molecule has 1 amide bonds. The lowest BCUT2D eigenvalue weighted by molar-refractivity contribution is 0.0946. The van der Waals surface area contributed by atoms with Gasteiger partial charge in [0.05, 0.1) is 10.6 Å². The van der Waals surface area contributed by atoms with E-state index < -0.39 is 15.7 Å². The highest BCUT2D eigenvalue weighted by atomic mass is 32.2. The average molecular weight is 387 g/mol. The fourth-order valence-electron chi connectivity index (χ4n) is 2.30. The molecule has 0 aliphatic heterocycles. The number of benzene rings is 1. The zero-order valence-corrected chi connectivity index (χ0v) is 16.1. The van der Waals surface area contributed by atoms with Crippen LogP contribution in [-0.2, 0) is 16.4 Å². The number of nitriles is 1. The summed E-state index contributed by atoms with van der Waals surface area (Å²) in [6.45, 7) is 3.95. The Labute approximate surface area is 158 Å². The molecule has 0 spiro atoms. The number of nitrogens with zero attached hydrogens (tertiary/aromatic N) is 2. The minimum Gasteiger partial charge on any atom is -0.397 e. The number of nitrogens with one attached hydrogen (secondary N) is 2. The Hall–Kier alpha value is -3.12. The third-order valence-electron chi connectivity index (χ3n) is 3.62. The van der Waals surface area contributed by atoms with Gasteiger partial charge in [0.1, 0.15) is 23.1 Å². The van der Waals surface area contributed by atoms with Crippen LogP contribution in [0.2, 0.25) is 0 Å². The molecule has 142 valence electrons. The number of hydrogen-bond donors (Lipinski definition) is 3. The van der Waals surface area contributed by atoms with Gasteiger partial charge >= 0.3 is 0 Å². The van der Waals surface area contributed by atoms with Crippen LogP contribution in [0.15, 0.2) is 35.2 Å². The highest BCUT2D eigenvalue weighted by Crippen LogP contribution is 2.21. The van der Waals surface area contributed by atoms with Crippen LogP contribution in [0.3, 0.4) is 0 Å². The third-order valence-corrected chi connectivity index (χ3v) is 4.75. The third kappa shape index (κ3) is 5.18. The van der Waals surface area contributed by atoms with E-state index in [1.165, 1.54) is 18.2 Å². The fraction of sp³-hybridized carbons (Fsp3) is 0.278. The minimum atomic E-state index is -3.26. The SMILES string of the molecule is CC(C)Nc1nc(C(=O)NCc2ccc(S(C)(=O)=O)cc2)cc(N)c1C#N. The molecular weight excluding hydrogens is 366 g/mol. The van der Waals surface area contributed by atoms with Crippen LogP contribution in [0.4, 0.5) is 11.5 Å². The second-order valence-electron chi connectivity index (χ2n) is 6.33. The van der Waals surface area contributed by atoms with Crippen molar-refractivity contribution < 1.29 is 13.2 Å². The van der Waals surface area contributed by atoms with E-state index in [1.807, 2.05) is 19.9 Å². The molecule has 9 heteroatoms. The van der Waals surface area contributed by atoms with Gasteiger partial charge in [-0.05, 0) is 37.6 Å². The molecule has 0 saturated heterocycles. The lowest BCUT2D eigenvalue weighted by Gasteiger charge is -2.14. The number of pyridine rings is 1. The van der Waals surface area contributed by atoms with Crippen molar-refractivity contribution in [3.05, 3.63) is 47.2 Å². The summed E-state index contributed by atoms with van der Waals surface area (Å²) in [5.74, 6) is -0.194. The molecule has 0 aliphatic rings. The molecule has 8 nitrogen and oxygen atoms in total. The molecule has 2 rings (SSSR count). The van der Waals surface area contributed by atoms with Crippen LogP contribution in [0, 0.1) is 11.3 Å². The van der Waals surface area contributed by atoms with Crippen LogP contribution < -0.4 is 16.4 Å². The monoisotopic (exact) mass is 387 g/mol. The molecule has 0 radical (unpaired) electrons. The van der Waals surface area contributed by atoms with Crippen molar-refractivity contribution in [1.29, 1.82) is 5.26 Å². The number of amides is 1. The number of sulfone groups is 1. The summed E-state index contributed by atoms with van der Waals surface area (Å²) in [6.07, 6.45) is 1.13. The number of carbonyl (C=O) groups excluding carboxylic acids is 1. The molecule has 1 aromatic heterocycles. The maximum absolute atomic E-state index is 12.4. The summed E-state index contributed by atoms with van der Waals surface area (Å²) < 4.78 is 22.9. The van der Waals surface area contributed by atoms with Crippen LogP contribution in [-0.4, -0.2) is 31.6 Å². The zero-order valence-electron chi connectivity index (χ0n) is 15.3. The van der Waals surface area contributed by atoms with E-state index in [1.54, 1.807) is 12.1 Å². The number of anilines is 2. The maximum atomic E-state index is 12.4. The highest BCUT2D eigenvalue weighted by Gasteiger charge is 2.16. The Morgan fingerprint density at radius 3 is 2.44 bits per heavy atom. The molecule has 2 aromatic rings. The number of aromatic nitrogens is 1. The quantitative estimate of drug-likeness (QED) is 0.685. The van der Waals surface area contributed by atoms with Crippen molar-refractivity contribution in [1.82, 2.24) is 10.3 Å². The van der Waals surface area contributed by atoms with E-state index in [-0.39, 0.29) is 40.2 Å². The van der Waals surface area contributed by atoms with E-state index in [0.717, 1.165) is 11.8 Å². The van der Waals surface area contributed by atoms with Gasteiger partial charge < -0.3 is 16.4 Å². The molecule has 0 aliphatic carbocycles. The van der Waals surface area contributed by atoms with Crippen molar-refractivity contribution in [2.45, 2.75) is 31.3 Å². The Morgan fingerprint density at radius 2 is 1.93 bits per heavy atom. The Kier molecular flexibility index (Phi) is 6.02. The van der Waals surface area contributed by atoms with Gasteiger partial charge in [-0.15, -0.1) is 0 Å². The number of rotatable bonds is 6. The highest BCUT2D eigenvalue weighted by molar-refractivity contribution is 7.90. The summed E-state index contributed by atoms with van der Waals surface area (Å²) in [6, 6.07) is 9.57. The van der Waals surface area contributed by atoms with Gasteiger partial charge in [0, 0.05) is 18.8 Å². The van der Waals surface area contributed by atoms with Crippen molar-refractivity contribution >= 4 is 27.2 Å². The van der Waals surface area contributed by atoms with Gasteiger partial charge in [-0.1, -0.05) is 12.1 Å². The molecule has 1 aromatic carbocycles. The summed E-state index contributed by atoms with van der Waals surface area (Å²) in [5.41, 5.74) is 7.05. The number of hydrogen-bond acceptors (Lipinski definition) is 7. The smallest absolute Gasteiger partial charge is 0.270 e. The van der Waals surface area contributed by atoms with Gasteiger partial charge in [0.25, 0.3) is 5.91 Å². The van der Waals surface area contributed by atoms with Gasteiger partial charge in [-0.25, -0.2) is 13.4 Å². The van der Waals surface area contributed by atoms with E-state index in [4.69, 9.17) is 5.73 Å². The molecular formula is C18H21N5O3S. The fourth-order valence-corrected chi connectivity index (χ4v) is 2.93. The first-order valence-electron chi connectivity index (χ1n) is 8.16. The van der Waals surface area contributed by atoms with E-state index >= 15 is 0 Å². The van der Waals surface area contributed by atoms with Crippen LogP contribution in [0.5, 0.6) is 0 Å². The average Bonchev–Trinajstić information content (AvgIpc) is 2.58. The first-order chi connectivity index (χ1) is 12.6. The number of nitrogens with two attached hydrogens (primary N) is 1. The molecule has 0 unspecified atom stereocenters. The Bertz CT molecular complexity index is 993. The lowest BCUT2D eigenvalue weighted by atomic mass is 10.1. The Balaban J connectivity index is 2.16. The Morgan fingerprint density at radius 1 is 1.30 bits per heavy atom. The predicted molar refractivity (Wildman–Crippen MR) is 103 cm³/mol. The summed E-state index contributed by atoms with van der Waals surface area (Å²) >= 11 is 0. The van der Waals surface area contributed by atoms with Gasteiger partial charge in [0.2, 0.25) is 0 Å². The van der Waals surface area contributed by atoms with E-state index in [9.17, 15) is 18.5 Å². The molecule has 27 heavy (non-hydrogen) atoms. The minimum absolute atomic E-state index is 0.00988. The van der Waals surface area contributed by atoms with Crippen LogP contribution in [0.25, 0.3) is 0 Å². The van der Waals surface area contributed by atoms with Crippen molar-refractivity contribution in [3.63, 3.8) is 0 Å². The largest absolute Gasteiger partial charge is 0.397 e. The molecule has 0 fully saturated rings. The number of nitrogen functional groups attached to an aromatic ring is 1. The molecule has 0 bridgehead atoms. The van der Waals surface area contributed by atoms with Crippen LogP contribution in [0.1, 0.15) is 35.5 Å². The molecule has 4 N–H and O–H groups in total. The van der Waals surface area contributed by atoms with E-state index in [2.05, 4.69) is 15.6 Å². The first kappa shape index (κ1) is 20.2. The topological polar surface area (TPSA) is 138 Å².